The summed E-state index contributed by atoms with van der Waals surface area (Å²) in [5.74, 6) is -0.0448. The zero-order valence-electron chi connectivity index (χ0n) is 12.8. The van der Waals surface area contributed by atoms with Gasteiger partial charge in [-0.05, 0) is 50.8 Å². The molecule has 0 aliphatic carbocycles. The van der Waals surface area contributed by atoms with E-state index in [4.69, 9.17) is 14.7 Å². The van der Waals surface area contributed by atoms with Crippen LogP contribution in [-0.2, 0) is 16.0 Å². The first kappa shape index (κ1) is 17.0. The van der Waals surface area contributed by atoms with Gasteiger partial charge >= 0.3 is 5.97 Å². The van der Waals surface area contributed by atoms with Gasteiger partial charge in [0.25, 0.3) is 0 Å². The number of nitrogens with zero attached hydrogens (tertiary/aromatic N) is 1. The van der Waals surface area contributed by atoms with Crippen LogP contribution >= 0.6 is 0 Å². The van der Waals surface area contributed by atoms with Crippen molar-refractivity contribution < 1.29 is 19.5 Å². The van der Waals surface area contributed by atoms with Crippen LogP contribution in [0.3, 0.4) is 0 Å². The molecule has 116 valence electrons. The molecule has 1 rings (SSSR count). The second-order valence-corrected chi connectivity index (χ2v) is 5.10. The van der Waals surface area contributed by atoms with E-state index in [0.717, 1.165) is 24.2 Å². The van der Waals surface area contributed by atoms with Crippen molar-refractivity contribution in [1.29, 1.82) is 0 Å². The van der Waals surface area contributed by atoms with E-state index in [1.54, 1.807) is 21.0 Å². The maximum atomic E-state index is 11.8. The van der Waals surface area contributed by atoms with Gasteiger partial charge in [0.15, 0.2) is 0 Å². The molecule has 0 spiro atoms. The normalized spacial score (nSPS) is 12.6. The topological polar surface area (TPSA) is 68.1 Å². The molecule has 1 atom stereocenters. The van der Waals surface area contributed by atoms with Gasteiger partial charge in [-0.25, -0.2) is 0 Å². The number of benzene rings is 1. The van der Waals surface area contributed by atoms with Gasteiger partial charge in [-0.3, -0.25) is 4.79 Å². The minimum absolute atomic E-state index is 0.175. The van der Waals surface area contributed by atoms with Crippen LogP contribution in [-0.4, -0.2) is 30.6 Å². The molecule has 0 amide bonds. The third kappa shape index (κ3) is 6.29. The molecule has 0 heterocycles. The van der Waals surface area contributed by atoms with Crippen molar-refractivity contribution in [1.82, 2.24) is 0 Å². The number of hydrogen-bond acceptors (Lipinski definition) is 5. The molecule has 0 aromatic heterocycles. The standard InChI is InChI=1S/C16H23NO4/c1-12(2)21-16(18)14(11-17-19)8-4-6-13-7-5-9-15(10-13)20-3/h5,7,9-12,14,19H,4,6,8H2,1-3H3/b17-11-. The lowest BCUT2D eigenvalue weighted by molar-refractivity contribution is -0.150. The van der Waals surface area contributed by atoms with E-state index in [-0.39, 0.29) is 12.1 Å². The van der Waals surface area contributed by atoms with E-state index < -0.39 is 5.92 Å². The summed E-state index contributed by atoms with van der Waals surface area (Å²) in [7, 11) is 1.63. The van der Waals surface area contributed by atoms with Gasteiger partial charge in [0.1, 0.15) is 5.75 Å². The molecule has 0 aliphatic heterocycles. The number of ether oxygens (including phenoxy) is 2. The van der Waals surface area contributed by atoms with E-state index in [2.05, 4.69) is 5.16 Å². The Morgan fingerprint density at radius 2 is 2.19 bits per heavy atom. The van der Waals surface area contributed by atoms with Crippen LogP contribution in [0.4, 0.5) is 0 Å². The summed E-state index contributed by atoms with van der Waals surface area (Å²) in [4.78, 5) is 11.8. The number of hydrogen-bond donors (Lipinski definition) is 1. The van der Waals surface area contributed by atoms with Gasteiger partial charge in [0.05, 0.1) is 25.3 Å². The average Bonchev–Trinajstić information content (AvgIpc) is 2.46. The summed E-state index contributed by atoms with van der Waals surface area (Å²) in [6.45, 7) is 3.59. The average molecular weight is 293 g/mol. The van der Waals surface area contributed by atoms with E-state index in [0.29, 0.717) is 6.42 Å². The van der Waals surface area contributed by atoms with Crippen molar-refractivity contribution in [3.8, 4) is 5.75 Å². The van der Waals surface area contributed by atoms with Crippen LogP contribution < -0.4 is 4.74 Å². The summed E-state index contributed by atoms with van der Waals surface area (Å²) < 4.78 is 10.3. The van der Waals surface area contributed by atoms with E-state index in [1.165, 1.54) is 6.21 Å². The molecule has 0 bridgehead atoms. The van der Waals surface area contributed by atoms with Crippen LogP contribution in [0.5, 0.6) is 5.75 Å². The van der Waals surface area contributed by atoms with Crippen molar-refractivity contribution in [3.63, 3.8) is 0 Å². The maximum Gasteiger partial charge on any atom is 0.314 e. The lowest BCUT2D eigenvalue weighted by atomic mass is 10.0. The third-order valence-electron chi connectivity index (χ3n) is 3.02. The fourth-order valence-corrected chi connectivity index (χ4v) is 2.01. The van der Waals surface area contributed by atoms with Crippen LogP contribution in [0, 0.1) is 5.92 Å². The highest BCUT2D eigenvalue weighted by atomic mass is 16.5. The smallest absolute Gasteiger partial charge is 0.314 e. The Balaban J connectivity index is 2.51. The number of oxime groups is 1. The molecule has 0 radical (unpaired) electrons. The van der Waals surface area contributed by atoms with Gasteiger partial charge in [-0.1, -0.05) is 12.1 Å². The molecular formula is C16H23NO4. The Bertz CT molecular complexity index is 471. The van der Waals surface area contributed by atoms with Crippen molar-refractivity contribution in [2.45, 2.75) is 39.2 Å². The molecule has 1 unspecified atom stereocenters. The van der Waals surface area contributed by atoms with E-state index >= 15 is 0 Å². The van der Waals surface area contributed by atoms with Gasteiger partial charge in [-0.15, -0.1) is 5.16 Å². The maximum absolute atomic E-state index is 11.8. The van der Waals surface area contributed by atoms with Crippen LogP contribution in [0.2, 0.25) is 0 Å². The zero-order chi connectivity index (χ0) is 15.7. The fourth-order valence-electron chi connectivity index (χ4n) is 2.01. The van der Waals surface area contributed by atoms with Gasteiger partial charge in [0.2, 0.25) is 0 Å². The molecule has 0 fully saturated rings. The molecular weight excluding hydrogens is 270 g/mol. The largest absolute Gasteiger partial charge is 0.497 e. The Kier molecular flexibility index (Phi) is 7.29. The SMILES string of the molecule is COc1cccc(CCCC(/C=N\O)C(=O)OC(C)C)c1. The molecule has 1 aromatic rings. The Morgan fingerprint density at radius 1 is 1.43 bits per heavy atom. The molecule has 0 saturated carbocycles. The summed E-state index contributed by atoms with van der Waals surface area (Å²) in [6.07, 6.45) is 3.24. The van der Waals surface area contributed by atoms with Crippen molar-refractivity contribution >= 4 is 12.2 Å². The first-order valence-electron chi connectivity index (χ1n) is 7.07. The summed E-state index contributed by atoms with van der Waals surface area (Å²) in [5.41, 5.74) is 1.14. The van der Waals surface area contributed by atoms with Crippen molar-refractivity contribution in [2.24, 2.45) is 11.1 Å². The third-order valence-corrected chi connectivity index (χ3v) is 3.02. The summed E-state index contributed by atoms with van der Waals surface area (Å²) in [5, 5.41) is 11.6. The minimum Gasteiger partial charge on any atom is -0.497 e. The van der Waals surface area contributed by atoms with Crippen molar-refractivity contribution in [2.75, 3.05) is 7.11 Å². The Labute approximate surface area is 125 Å². The highest BCUT2D eigenvalue weighted by Crippen LogP contribution is 2.16. The number of aryl methyl sites for hydroxylation is 1. The van der Waals surface area contributed by atoms with Crippen LogP contribution in [0.15, 0.2) is 29.4 Å². The molecule has 1 aromatic carbocycles. The molecule has 21 heavy (non-hydrogen) atoms. The summed E-state index contributed by atoms with van der Waals surface area (Å²) in [6, 6.07) is 7.82. The number of methoxy groups -OCH3 is 1. The molecule has 0 aliphatic rings. The number of esters is 1. The first-order valence-corrected chi connectivity index (χ1v) is 7.07. The fraction of sp³-hybridized carbons (Fsp3) is 0.500. The molecule has 5 nitrogen and oxygen atoms in total. The monoisotopic (exact) mass is 293 g/mol. The molecule has 0 saturated heterocycles. The minimum atomic E-state index is -0.511. The lowest BCUT2D eigenvalue weighted by Gasteiger charge is -2.13. The summed E-state index contributed by atoms with van der Waals surface area (Å²) >= 11 is 0. The number of carbonyl (C=O) groups is 1. The second kappa shape index (κ2) is 9.00. The lowest BCUT2D eigenvalue weighted by Crippen LogP contribution is -2.22. The van der Waals surface area contributed by atoms with Crippen LogP contribution in [0.1, 0.15) is 32.3 Å². The first-order chi connectivity index (χ1) is 10.1. The highest BCUT2D eigenvalue weighted by molar-refractivity contribution is 5.89. The Morgan fingerprint density at radius 3 is 2.81 bits per heavy atom. The van der Waals surface area contributed by atoms with Crippen molar-refractivity contribution in [3.05, 3.63) is 29.8 Å². The van der Waals surface area contributed by atoms with Gasteiger partial charge < -0.3 is 14.7 Å². The van der Waals surface area contributed by atoms with E-state index in [9.17, 15) is 4.79 Å². The zero-order valence-corrected chi connectivity index (χ0v) is 12.8. The van der Waals surface area contributed by atoms with Gasteiger partial charge in [0, 0.05) is 0 Å². The predicted molar refractivity (Wildman–Crippen MR) is 80.9 cm³/mol. The van der Waals surface area contributed by atoms with Gasteiger partial charge in [-0.2, -0.15) is 0 Å². The highest BCUT2D eigenvalue weighted by Gasteiger charge is 2.19. The van der Waals surface area contributed by atoms with E-state index in [1.807, 2.05) is 24.3 Å². The molecule has 5 heteroatoms. The Hall–Kier alpha value is -2.04. The predicted octanol–water partition coefficient (Wildman–Crippen LogP) is 3.05. The number of rotatable bonds is 8. The number of carbonyl (C=O) groups excluding carboxylic acids is 1. The second-order valence-electron chi connectivity index (χ2n) is 5.10. The quantitative estimate of drug-likeness (QED) is 0.346. The van der Waals surface area contributed by atoms with Crippen LogP contribution in [0.25, 0.3) is 0 Å². The molecule has 1 N–H and O–H groups in total.